The van der Waals surface area contributed by atoms with Crippen LogP contribution in [0.3, 0.4) is 0 Å². The Bertz CT molecular complexity index is 1130. The van der Waals surface area contributed by atoms with Crippen LogP contribution in [0.1, 0.15) is 41.4 Å². The third kappa shape index (κ3) is 6.08. The van der Waals surface area contributed by atoms with E-state index in [9.17, 15) is 9.59 Å². The van der Waals surface area contributed by atoms with Crippen molar-refractivity contribution in [3.8, 4) is 0 Å². The first kappa shape index (κ1) is 25.1. The van der Waals surface area contributed by atoms with E-state index >= 15 is 0 Å². The van der Waals surface area contributed by atoms with Crippen molar-refractivity contribution in [1.29, 1.82) is 0 Å². The third-order valence-corrected chi connectivity index (χ3v) is 5.94. The number of carbonyl (C=O) groups is 2. The summed E-state index contributed by atoms with van der Waals surface area (Å²) in [5, 5.41) is 6.01. The number of nitrogens with zero attached hydrogens (tertiary/aromatic N) is 2. The zero-order valence-electron chi connectivity index (χ0n) is 20.0. The molecule has 0 heterocycles. The molecule has 3 aromatic rings. The molecule has 0 aliphatic carbocycles. The van der Waals surface area contributed by atoms with Gasteiger partial charge in [0, 0.05) is 38.6 Å². The maximum Gasteiger partial charge on any atom is 0.319 e. The third-order valence-electron chi connectivity index (χ3n) is 5.61. The van der Waals surface area contributed by atoms with Gasteiger partial charge in [0.1, 0.15) is 0 Å². The highest BCUT2D eigenvalue weighted by atomic mass is 35.5. The molecule has 7 heteroatoms. The molecule has 0 fully saturated rings. The first-order valence-corrected chi connectivity index (χ1v) is 11.6. The second kappa shape index (κ2) is 11.6. The lowest BCUT2D eigenvalue weighted by Crippen LogP contribution is -2.34. The number of amides is 3. The fourth-order valence-corrected chi connectivity index (χ4v) is 4.05. The van der Waals surface area contributed by atoms with E-state index in [1.165, 1.54) is 0 Å². The summed E-state index contributed by atoms with van der Waals surface area (Å²) in [4.78, 5) is 29.6. The van der Waals surface area contributed by atoms with Gasteiger partial charge in [0.25, 0.3) is 5.91 Å². The Morgan fingerprint density at radius 1 is 0.971 bits per heavy atom. The van der Waals surface area contributed by atoms with Gasteiger partial charge in [-0.2, -0.15) is 0 Å². The van der Waals surface area contributed by atoms with Crippen LogP contribution in [0.25, 0.3) is 0 Å². The molecule has 1 unspecified atom stereocenters. The van der Waals surface area contributed by atoms with Gasteiger partial charge in [0.15, 0.2) is 0 Å². The first-order chi connectivity index (χ1) is 16.3. The van der Waals surface area contributed by atoms with E-state index in [2.05, 4.69) is 10.6 Å². The van der Waals surface area contributed by atoms with Crippen LogP contribution in [0, 0.1) is 0 Å². The zero-order valence-corrected chi connectivity index (χ0v) is 20.8. The van der Waals surface area contributed by atoms with Crippen LogP contribution in [0.5, 0.6) is 0 Å². The summed E-state index contributed by atoms with van der Waals surface area (Å²) in [5.74, 6) is -0.159. The Labute approximate surface area is 206 Å². The van der Waals surface area contributed by atoms with Gasteiger partial charge >= 0.3 is 6.03 Å². The van der Waals surface area contributed by atoms with Crippen molar-refractivity contribution in [3.05, 3.63) is 94.5 Å². The number of hydrogen-bond acceptors (Lipinski definition) is 3. The predicted molar refractivity (Wildman–Crippen MR) is 140 cm³/mol. The summed E-state index contributed by atoms with van der Waals surface area (Å²) in [6, 6.07) is 22.2. The number of urea groups is 1. The summed E-state index contributed by atoms with van der Waals surface area (Å²) >= 11 is 6.40. The molecule has 0 spiro atoms. The molecular formula is C27H31ClN4O2. The van der Waals surface area contributed by atoms with Crippen LogP contribution >= 0.6 is 11.6 Å². The van der Waals surface area contributed by atoms with Gasteiger partial charge < -0.3 is 20.4 Å². The minimum Gasteiger partial charge on any atom is -0.377 e. The number of rotatable bonds is 8. The van der Waals surface area contributed by atoms with Crippen molar-refractivity contribution in [3.63, 3.8) is 0 Å². The van der Waals surface area contributed by atoms with E-state index in [0.29, 0.717) is 29.4 Å². The fraction of sp³-hybridized carbons (Fsp3) is 0.259. The van der Waals surface area contributed by atoms with Gasteiger partial charge in [-0.05, 0) is 55.3 Å². The number of halogens is 1. The first-order valence-electron chi connectivity index (χ1n) is 11.3. The van der Waals surface area contributed by atoms with E-state index in [4.69, 9.17) is 11.6 Å². The van der Waals surface area contributed by atoms with Crippen LogP contribution in [0.2, 0.25) is 5.02 Å². The van der Waals surface area contributed by atoms with Gasteiger partial charge in [-0.3, -0.25) is 4.79 Å². The molecule has 0 aliphatic heterocycles. The molecule has 6 nitrogen and oxygen atoms in total. The van der Waals surface area contributed by atoms with E-state index in [0.717, 1.165) is 16.8 Å². The summed E-state index contributed by atoms with van der Waals surface area (Å²) in [6.07, 6.45) is 0. The van der Waals surface area contributed by atoms with Crippen LogP contribution in [0.15, 0.2) is 72.8 Å². The lowest BCUT2D eigenvalue weighted by Gasteiger charge is -2.32. The van der Waals surface area contributed by atoms with Crippen molar-refractivity contribution >= 4 is 34.9 Å². The molecule has 0 aliphatic rings. The van der Waals surface area contributed by atoms with Gasteiger partial charge in [0.2, 0.25) is 0 Å². The highest BCUT2D eigenvalue weighted by Gasteiger charge is 2.26. The monoisotopic (exact) mass is 478 g/mol. The molecule has 0 radical (unpaired) electrons. The Hall–Kier alpha value is -3.51. The molecule has 1 atom stereocenters. The normalized spacial score (nSPS) is 11.4. The van der Waals surface area contributed by atoms with Crippen LogP contribution in [-0.2, 0) is 6.54 Å². The van der Waals surface area contributed by atoms with Crippen LogP contribution < -0.4 is 15.5 Å². The fourth-order valence-electron chi connectivity index (χ4n) is 3.83. The summed E-state index contributed by atoms with van der Waals surface area (Å²) in [5.41, 5.74) is 3.99. The highest BCUT2D eigenvalue weighted by Crippen LogP contribution is 2.31. The quantitative estimate of drug-likeness (QED) is 0.420. The van der Waals surface area contributed by atoms with Crippen molar-refractivity contribution < 1.29 is 9.59 Å². The van der Waals surface area contributed by atoms with Crippen molar-refractivity contribution in [2.45, 2.75) is 26.4 Å². The molecule has 3 aromatic carbocycles. The van der Waals surface area contributed by atoms with Gasteiger partial charge in [0.05, 0.1) is 16.6 Å². The maximum atomic E-state index is 13.8. The van der Waals surface area contributed by atoms with Crippen LogP contribution in [0.4, 0.5) is 16.2 Å². The average molecular weight is 479 g/mol. The average Bonchev–Trinajstić information content (AvgIpc) is 2.82. The molecule has 178 valence electrons. The molecule has 34 heavy (non-hydrogen) atoms. The number of hydrogen-bond donors (Lipinski definition) is 2. The zero-order chi connectivity index (χ0) is 24.7. The second-order valence-corrected chi connectivity index (χ2v) is 8.63. The van der Waals surface area contributed by atoms with E-state index in [-0.39, 0.29) is 18.0 Å². The smallest absolute Gasteiger partial charge is 0.319 e. The maximum absolute atomic E-state index is 13.8. The number of nitrogens with one attached hydrogen (secondary N) is 2. The standard InChI is InChI=1S/C27H31ClN4O2/c1-5-29-27(34)30-22-15-16-25(31(3)4)21(17-22)18-32(19(2)20-11-7-6-8-12-20)26(33)23-13-9-10-14-24(23)28/h6-17,19H,5,18H2,1-4H3,(H2,29,30,34). The topological polar surface area (TPSA) is 64.7 Å². The second-order valence-electron chi connectivity index (χ2n) is 8.22. The van der Waals surface area contributed by atoms with Gasteiger partial charge in [-0.15, -0.1) is 0 Å². The van der Waals surface area contributed by atoms with Crippen molar-refractivity contribution in [2.75, 3.05) is 30.9 Å². The minimum atomic E-state index is -0.271. The Morgan fingerprint density at radius 3 is 2.29 bits per heavy atom. The SMILES string of the molecule is CCNC(=O)Nc1ccc(N(C)C)c(CN(C(=O)c2ccccc2Cl)C(C)c2ccccc2)c1. The van der Waals surface area contributed by atoms with Crippen molar-refractivity contribution in [1.82, 2.24) is 10.2 Å². The van der Waals surface area contributed by atoms with Crippen LogP contribution in [-0.4, -0.2) is 37.5 Å². The Balaban J connectivity index is 2.03. The Morgan fingerprint density at radius 2 is 1.65 bits per heavy atom. The Kier molecular flexibility index (Phi) is 8.55. The lowest BCUT2D eigenvalue weighted by atomic mass is 10.0. The molecule has 3 amide bonds. The number of carbonyl (C=O) groups excluding carboxylic acids is 2. The van der Waals surface area contributed by atoms with Crippen molar-refractivity contribution in [2.24, 2.45) is 0 Å². The molecule has 0 saturated carbocycles. The molecule has 0 aromatic heterocycles. The lowest BCUT2D eigenvalue weighted by molar-refractivity contribution is 0.0674. The predicted octanol–water partition coefficient (Wildman–Crippen LogP) is 5.95. The van der Waals surface area contributed by atoms with E-state index in [1.54, 1.807) is 12.1 Å². The number of anilines is 2. The molecule has 3 rings (SSSR count). The number of benzene rings is 3. The van der Waals surface area contributed by atoms with E-state index < -0.39 is 0 Å². The summed E-state index contributed by atoms with van der Waals surface area (Å²) < 4.78 is 0. The van der Waals surface area contributed by atoms with E-state index in [1.807, 2.05) is 98.4 Å². The van der Waals surface area contributed by atoms with Gasteiger partial charge in [-0.25, -0.2) is 4.79 Å². The minimum absolute atomic E-state index is 0.159. The molecule has 0 bridgehead atoms. The highest BCUT2D eigenvalue weighted by molar-refractivity contribution is 6.33. The molecule has 0 saturated heterocycles. The van der Waals surface area contributed by atoms with Gasteiger partial charge in [-0.1, -0.05) is 54.1 Å². The molecular weight excluding hydrogens is 448 g/mol. The molecule has 2 N–H and O–H groups in total. The summed E-state index contributed by atoms with van der Waals surface area (Å²) in [7, 11) is 3.91. The largest absolute Gasteiger partial charge is 0.377 e. The summed E-state index contributed by atoms with van der Waals surface area (Å²) in [6.45, 7) is 4.74.